The largest absolute Gasteiger partial charge is 0.466 e. The molecule has 0 unspecified atom stereocenters. The molecule has 1 aliphatic heterocycles. The number of carbonyl (C=O) groups is 2. The third-order valence-electron chi connectivity index (χ3n) is 5.74. The zero-order chi connectivity index (χ0) is 21.1. The number of fused-ring (bicyclic) bond motifs is 1. The molecule has 6 nitrogen and oxygen atoms in total. The fourth-order valence-corrected chi connectivity index (χ4v) is 4.77. The summed E-state index contributed by atoms with van der Waals surface area (Å²) in [5.74, 6) is -0.126. The number of esters is 1. The van der Waals surface area contributed by atoms with Crippen molar-refractivity contribution < 1.29 is 14.3 Å². The minimum atomic E-state index is -0.137. The van der Waals surface area contributed by atoms with Crippen LogP contribution in [0.25, 0.3) is 16.2 Å². The van der Waals surface area contributed by atoms with Gasteiger partial charge in [-0.1, -0.05) is 31.2 Å². The quantitative estimate of drug-likeness (QED) is 0.561. The van der Waals surface area contributed by atoms with Crippen molar-refractivity contribution in [1.82, 2.24) is 14.3 Å². The first-order valence-corrected chi connectivity index (χ1v) is 11.5. The molecule has 1 aromatic carbocycles. The van der Waals surface area contributed by atoms with Gasteiger partial charge in [-0.3, -0.25) is 14.0 Å². The fraction of sp³-hybridized carbons (Fsp3) is 0.435. The second kappa shape index (κ2) is 9.00. The Morgan fingerprint density at radius 1 is 1.17 bits per heavy atom. The lowest BCUT2D eigenvalue weighted by Gasteiger charge is -2.30. The molecule has 0 N–H and O–H groups in total. The van der Waals surface area contributed by atoms with E-state index in [0.29, 0.717) is 39.0 Å². The number of thiazole rings is 1. The normalized spacial score (nSPS) is 14.9. The van der Waals surface area contributed by atoms with E-state index >= 15 is 0 Å². The average Bonchev–Trinajstić information content (AvgIpc) is 3.36. The van der Waals surface area contributed by atoms with E-state index in [0.717, 1.165) is 28.3 Å². The number of hydrogen-bond acceptors (Lipinski definition) is 5. The Balaban J connectivity index is 1.42. The molecule has 30 heavy (non-hydrogen) atoms. The molecule has 158 valence electrons. The molecule has 1 saturated heterocycles. The summed E-state index contributed by atoms with van der Waals surface area (Å²) in [6.45, 7) is 5.58. The zero-order valence-corrected chi connectivity index (χ0v) is 18.3. The van der Waals surface area contributed by atoms with Gasteiger partial charge in [0, 0.05) is 35.9 Å². The van der Waals surface area contributed by atoms with Crippen molar-refractivity contribution in [2.45, 2.75) is 39.5 Å². The lowest BCUT2D eigenvalue weighted by molar-refractivity contribution is -0.151. The first-order valence-electron chi connectivity index (χ1n) is 10.6. The highest BCUT2D eigenvalue weighted by molar-refractivity contribution is 7.15. The fourth-order valence-electron chi connectivity index (χ4n) is 3.90. The Morgan fingerprint density at radius 3 is 2.57 bits per heavy atom. The lowest BCUT2D eigenvalue weighted by Crippen LogP contribution is -2.41. The van der Waals surface area contributed by atoms with E-state index in [2.05, 4.69) is 31.2 Å². The van der Waals surface area contributed by atoms with Crippen molar-refractivity contribution >= 4 is 28.2 Å². The molecule has 0 aliphatic carbocycles. The summed E-state index contributed by atoms with van der Waals surface area (Å²) in [5.41, 5.74) is 4.27. The van der Waals surface area contributed by atoms with Crippen LogP contribution >= 0.6 is 11.3 Å². The molecule has 0 radical (unpaired) electrons. The summed E-state index contributed by atoms with van der Waals surface area (Å²) in [7, 11) is 0. The van der Waals surface area contributed by atoms with Crippen LogP contribution in [0.15, 0.2) is 35.8 Å². The molecule has 0 spiro atoms. The van der Waals surface area contributed by atoms with Gasteiger partial charge in [-0.2, -0.15) is 0 Å². The predicted molar refractivity (Wildman–Crippen MR) is 118 cm³/mol. The molecule has 2 aromatic heterocycles. The summed E-state index contributed by atoms with van der Waals surface area (Å²) in [6.07, 6.45) is 4.72. The first-order chi connectivity index (χ1) is 14.6. The van der Waals surface area contributed by atoms with E-state index in [1.807, 2.05) is 27.8 Å². The average molecular weight is 426 g/mol. The van der Waals surface area contributed by atoms with Crippen LogP contribution < -0.4 is 0 Å². The molecule has 1 aliphatic rings. The number of carbonyl (C=O) groups excluding carboxylic acids is 2. The van der Waals surface area contributed by atoms with Gasteiger partial charge in [0.1, 0.15) is 0 Å². The highest BCUT2D eigenvalue weighted by Gasteiger charge is 2.28. The van der Waals surface area contributed by atoms with Gasteiger partial charge in [0.15, 0.2) is 4.96 Å². The monoisotopic (exact) mass is 425 g/mol. The van der Waals surface area contributed by atoms with E-state index < -0.39 is 0 Å². The van der Waals surface area contributed by atoms with Crippen molar-refractivity contribution in [1.29, 1.82) is 0 Å². The van der Waals surface area contributed by atoms with E-state index in [-0.39, 0.29) is 17.8 Å². The van der Waals surface area contributed by atoms with Crippen molar-refractivity contribution in [3.8, 4) is 11.3 Å². The summed E-state index contributed by atoms with van der Waals surface area (Å²) >= 11 is 1.56. The van der Waals surface area contributed by atoms with Gasteiger partial charge in [-0.05, 0) is 31.7 Å². The number of piperidine rings is 1. The Labute approximate surface area is 180 Å². The van der Waals surface area contributed by atoms with Crippen molar-refractivity contribution in [3.05, 3.63) is 47.1 Å². The van der Waals surface area contributed by atoms with Crippen LogP contribution in [0.2, 0.25) is 0 Å². The number of hydrogen-bond donors (Lipinski definition) is 0. The number of aryl methyl sites for hydroxylation is 1. The van der Waals surface area contributed by atoms with Gasteiger partial charge in [-0.15, -0.1) is 11.3 Å². The third-order valence-corrected chi connectivity index (χ3v) is 6.63. The number of nitrogens with zero attached hydrogens (tertiary/aromatic N) is 3. The predicted octanol–water partition coefficient (Wildman–Crippen LogP) is 3.97. The SMILES string of the molecule is CCOC(=O)C1CCN(C(=O)Cc2csc3nc(-c4ccc(CC)cc4)cn23)CC1. The van der Waals surface area contributed by atoms with Crippen LogP contribution in [0.1, 0.15) is 37.9 Å². The third kappa shape index (κ3) is 4.26. The van der Waals surface area contributed by atoms with Crippen molar-refractivity contribution in [3.63, 3.8) is 0 Å². The number of ether oxygens (including phenoxy) is 1. The van der Waals surface area contributed by atoms with Crippen LogP contribution in [0.5, 0.6) is 0 Å². The number of rotatable bonds is 6. The Bertz CT molecular complexity index is 1030. The van der Waals surface area contributed by atoms with Gasteiger partial charge >= 0.3 is 5.97 Å². The number of aromatic nitrogens is 2. The van der Waals surface area contributed by atoms with E-state index in [1.54, 1.807) is 11.3 Å². The van der Waals surface area contributed by atoms with Crippen molar-refractivity contribution in [2.24, 2.45) is 5.92 Å². The van der Waals surface area contributed by atoms with Crippen LogP contribution in [0.3, 0.4) is 0 Å². The van der Waals surface area contributed by atoms with E-state index in [4.69, 9.17) is 9.72 Å². The maximum absolute atomic E-state index is 12.8. The lowest BCUT2D eigenvalue weighted by atomic mass is 9.97. The second-order valence-corrected chi connectivity index (χ2v) is 8.48. The summed E-state index contributed by atoms with van der Waals surface area (Å²) < 4.78 is 7.14. The Kier molecular flexibility index (Phi) is 6.18. The molecule has 1 amide bonds. The molecular weight excluding hydrogens is 398 g/mol. The van der Waals surface area contributed by atoms with Crippen LogP contribution in [-0.4, -0.2) is 45.9 Å². The summed E-state index contributed by atoms with van der Waals surface area (Å²) in [4.78, 5) is 32.2. The van der Waals surface area contributed by atoms with E-state index in [1.165, 1.54) is 5.56 Å². The molecule has 7 heteroatoms. The Morgan fingerprint density at radius 2 is 1.90 bits per heavy atom. The van der Waals surface area contributed by atoms with Gasteiger partial charge in [-0.25, -0.2) is 4.98 Å². The van der Waals surface area contributed by atoms with Gasteiger partial charge < -0.3 is 9.64 Å². The van der Waals surface area contributed by atoms with Crippen molar-refractivity contribution in [2.75, 3.05) is 19.7 Å². The molecule has 0 bridgehead atoms. The standard InChI is InChI=1S/C23H27N3O3S/c1-3-16-5-7-17(8-6-16)20-14-26-19(15-30-23(26)24-20)13-21(27)25-11-9-18(10-12-25)22(28)29-4-2/h5-8,14-15,18H,3-4,9-13H2,1-2H3. The first kappa shape index (κ1) is 20.6. The topological polar surface area (TPSA) is 63.9 Å². The number of imidazole rings is 1. The maximum atomic E-state index is 12.8. The van der Waals surface area contributed by atoms with Gasteiger partial charge in [0.05, 0.1) is 24.6 Å². The zero-order valence-electron chi connectivity index (χ0n) is 17.5. The molecule has 3 heterocycles. The maximum Gasteiger partial charge on any atom is 0.309 e. The molecular formula is C23H27N3O3S. The minimum Gasteiger partial charge on any atom is -0.466 e. The van der Waals surface area contributed by atoms with Gasteiger partial charge in [0.25, 0.3) is 0 Å². The molecule has 1 fully saturated rings. The van der Waals surface area contributed by atoms with E-state index in [9.17, 15) is 9.59 Å². The number of likely N-dealkylation sites (tertiary alicyclic amines) is 1. The summed E-state index contributed by atoms with van der Waals surface area (Å²) in [6, 6.07) is 8.47. The summed E-state index contributed by atoms with van der Waals surface area (Å²) in [5, 5.41) is 2.01. The molecule has 3 aromatic rings. The minimum absolute atomic E-state index is 0.0860. The number of benzene rings is 1. The van der Waals surface area contributed by atoms with Gasteiger partial charge in [0.2, 0.25) is 5.91 Å². The second-order valence-electron chi connectivity index (χ2n) is 7.64. The molecule has 4 rings (SSSR count). The highest BCUT2D eigenvalue weighted by Crippen LogP contribution is 2.25. The highest BCUT2D eigenvalue weighted by atomic mass is 32.1. The molecule has 0 saturated carbocycles. The van der Waals surface area contributed by atoms with Crippen LogP contribution in [0, 0.1) is 5.92 Å². The smallest absolute Gasteiger partial charge is 0.309 e. The van der Waals surface area contributed by atoms with Crippen LogP contribution in [0.4, 0.5) is 0 Å². The van der Waals surface area contributed by atoms with Crippen LogP contribution in [-0.2, 0) is 27.2 Å². The number of amides is 1. The molecule has 0 atom stereocenters. The Hall–Kier alpha value is -2.67.